The van der Waals surface area contributed by atoms with E-state index < -0.39 is 0 Å². The van der Waals surface area contributed by atoms with Gasteiger partial charge in [-0.15, -0.1) is 24.8 Å². The standard InChI is InChI=1S/C6H18P4S2/c7-1-4-10(5-2-8-11)6-3-9-12/h1-9H2. The van der Waals surface area contributed by atoms with Crippen molar-refractivity contribution in [2.45, 2.75) is 0 Å². The van der Waals surface area contributed by atoms with Gasteiger partial charge in [-0.25, -0.2) is 0 Å². The molecule has 6 heteroatoms. The Morgan fingerprint density at radius 2 is 1.50 bits per heavy atom. The molecule has 0 aromatic rings. The summed E-state index contributed by atoms with van der Waals surface area (Å²) >= 11 is 10.1. The first-order chi connectivity index (χ1) is 5.85. The molecule has 0 nitrogen and oxygen atoms in total. The van der Waals surface area contributed by atoms with Crippen LogP contribution in [-0.2, 0) is 24.5 Å². The maximum atomic E-state index is 5.04. The third kappa shape index (κ3) is 8.99. The topological polar surface area (TPSA) is 0 Å². The molecule has 0 spiro atoms. The molecule has 0 heterocycles. The molecule has 0 bridgehead atoms. The first-order valence-electron chi connectivity index (χ1n) is 4.14. The van der Waals surface area contributed by atoms with Crippen LogP contribution < -0.4 is 0 Å². The molecule has 0 N–H and O–H groups in total. The van der Waals surface area contributed by atoms with Gasteiger partial charge in [-0.2, -0.15) is 0 Å². The molecule has 74 valence electrons. The third-order valence-corrected chi connectivity index (χ3v) is 8.45. The van der Waals surface area contributed by atoms with Crippen LogP contribution in [0.3, 0.4) is 0 Å². The Hall–Kier alpha value is 2.42. The minimum Gasteiger partial charge on any atom is -0.561 e. The summed E-state index contributed by atoms with van der Waals surface area (Å²) in [7, 11) is 3.78. The molecule has 0 aliphatic carbocycles. The summed E-state index contributed by atoms with van der Waals surface area (Å²) in [6, 6.07) is 0. The Kier molecular flexibility index (Phi) is 13.8. The summed E-state index contributed by atoms with van der Waals surface area (Å²) in [5.41, 5.74) is 0. The summed E-state index contributed by atoms with van der Waals surface area (Å²) in [6.45, 7) is 0. The Labute approximate surface area is 94.0 Å². The largest absolute Gasteiger partial charge is 0.561 e. The minimum atomic E-state index is 0.315. The van der Waals surface area contributed by atoms with Crippen molar-refractivity contribution in [2.24, 2.45) is 0 Å². The summed E-state index contributed by atoms with van der Waals surface area (Å²) in [5, 5.41) is 0. The van der Waals surface area contributed by atoms with Crippen molar-refractivity contribution in [3.05, 3.63) is 0 Å². The van der Waals surface area contributed by atoms with Gasteiger partial charge >= 0.3 is 0 Å². The van der Waals surface area contributed by atoms with E-state index in [9.17, 15) is 0 Å². The summed E-state index contributed by atoms with van der Waals surface area (Å²) in [6.07, 6.45) is 8.21. The predicted molar refractivity (Wildman–Crippen MR) is 80.0 cm³/mol. The van der Waals surface area contributed by atoms with E-state index in [1.165, 1.54) is 37.0 Å². The van der Waals surface area contributed by atoms with E-state index in [2.05, 4.69) is 9.24 Å². The van der Waals surface area contributed by atoms with Crippen molar-refractivity contribution in [1.82, 2.24) is 0 Å². The van der Waals surface area contributed by atoms with E-state index in [4.69, 9.17) is 24.5 Å². The first-order valence-corrected chi connectivity index (χ1v) is 12.3. The van der Waals surface area contributed by atoms with E-state index >= 15 is 0 Å². The van der Waals surface area contributed by atoms with Gasteiger partial charge in [-0.1, -0.05) is 7.92 Å². The lowest BCUT2D eigenvalue weighted by atomic mass is 10.9. The van der Waals surface area contributed by atoms with Crippen LogP contribution >= 0.6 is 32.7 Å². The summed E-state index contributed by atoms with van der Waals surface area (Å²) in [5.74, 6) is 0. The molecule has 0 rings (SSSR count). The quantitative estimate of drug-likeness (QED) is 0.492. The zero-order chi connectivity index (χ0) is 9.23. The Balaban J connectivity index is 3.40. The highest BCUT2D eigenvalue weighted by atomic mass is 32.7. The van der Waals surface area contributed by atoms with Gasteiger partial charge in [0.05, 0.1) is 0 Å². The second-order valence-corrected chi connectivity index (χ2v) is 9.62. The fourth-order valence-corrected chi connectivity index (χ4v) is 8.78. The third-order valence-electron chi connectivity index (χ3n) is 1.57. The van der Waals surface area contributed by atoms with Crippen LogP contribution in [0, 0.1) is 0 Å². The van der Waals surface area contributed by atoms with E-state index in [1.54, 1.807) is 0 Å². The zero-order valence-corrected chi connectivity index (χ0v) is 13.2. The van der Waals surface area contributed by atoms with E-state index in [-0.39, 0.29) is 0 Å². The number of hydrogen-bond acceptors (Lipinski definition) is 2. The van der Waals surface area contributed by atoms with Crippen molar-refractivity contribution >= 4 is 57.2 Å². The van der Waals surface area contributed by atoms with Crippen LogP contribution in [-0.4, -0.2) is 37.0 Å². The van der Waals surface area contributed by atoms with Crippen molar-refractivity contribution in [1.29, 1.82) is 0 Å². The van der Waals surface area contributed by atoms with Crippen molar-refractivity contribution < 1.29 is 0 Å². The van der Waals surface area contributed by atoms with E-state index in [0.29, 0.717) is 23.5 Å². The van der Waals surface area contributed by atoms with Gasteiger partial charge in [0.2, 0.25) is 0 Å². The minimum absolute atomic E-state index is 0.315. The van der Waals surface area contributed by atoms with Crippen molar-refractivity contribution in [2.75, 3.05) is 37.0 Å². The van der Waals surface area contributed by atoms with Crippen LogP contribution in [0.4, 0.5) is 0 Å². The fourth-order valence-electron chi connectivity index (χ4n) is 0.989. The monoisotopic (exact) mass is 278 g/mol. The molecule has 0 aromatic heterocycles. The van der Waals surface area contributed by atoms with E-state index in [1.807, 2.05) is 0 Å². The Morgan fingerprint density at radius 3 is 1.83 bits per heavy atom. The van der Waals surface area contributed by atoms with Crippen LogP contribution in [0.25, 0.3) is 0 Å². The molecule has 0 fully saturated rings. The maximum absolute atomic E-state index is 5.04. The molecule has 0 saturated heterocycles. The lowest BCUT2D eigenvalue weighted by Gasteiger charge is -2.14. The van der Waals surface area contributed by atoms with Gasteiger partial charge in [-0.05, 0) is 24.6 Å². The van der Waals surface area contributed by atoms with Crippen LogP contribution in [0.5, 0.6) is 0 Å². The van der Waals surface area contributed by atoms with Crippen LogP contribution in [0.15, 0.2) is 0 Å². The van der Waals surface area contributed by atoms with Gasteiger partial charge in [0.15, 0.2) is 0 Å². The predicted octanol–water partition coefficient (Wildman–Crippen LogP) is 2.09. The van der Waals surface area contributed by atoms with Gasteiger partial charge in [0.1, 0.15) is 0 Å². The highest BCUT2D eigenvalue weighted by molar-refractivity contribution is 8.25. The van der Waals surface area contributed by atoms with Crippen LogP contribution in [0.2, 0.25) is 0 Å². The highest BCUT2D eigenvalue weighted by Crippen LogP contribution is 2.37. The lowest BCUT2D eigenvalue weighted by molar-refractivity contribution is 1.38. The molecule has 0 aromatic carbocycles. The zero-order valence-electron chi connectivity index (χ0n) is 7.24. The van der Waals surface area contributed by atoms with Gasteiger partial charge < -0.3 is 24.5 Å². The molecule has 0 aliphatic heterocycles. The molecule has 3 atom stereocenters. The van der Waals surface area contributed by atoms with Gasteiger partial charge in [0, 0.05) is 12.3 Å². The lowest BCUT2D eigenvalue weighted by Crippen LogP contribution is -1.98. The maximum Gasteiger partial charge on any atom is 0.0392 e. The molecule has 0 aliphatic rings. The first kappa shape index (κ1) is 14.4. The second kappa shape index (κ2) is 11.5. The molecular weight excluding hydrogens is 260 g/mol. The Bertz CT molecular complexity index is 85.6. The van der Waals surface area contributed by atoms with Gasteiger partial charge in [-0.3, -0.25) is 0 Å². The average molecular weight is 278 g/mol. The number of hydrogen-bond donors (Lipinski definition) is 0. The summed E-state index contributed by atoms with van der Waals surface area (Å²) < 4.78 is 0. The molecule has 12 heavy (non-hydrogen) atoms. The molecule has 0 radical (unpaired) electrons. The highest BCUT2D eigenvalue weighted by Gasteiger charge is 2.06. The summed E-state index contributed by atoms with van der Waals surface area (Å²) in [4.78, 5) is 0. The van der Waals surface area contributed by atoms with E-state index in [0.717, 1.165) is 0 Å². The van der Waals surface area contributed by atoms with Crippen molar-refractivity contribution in [3.63, 3.8) is 0 Å². The average Bonchev–Trinajstić information content (AvgIpc) is 2.10. The number of rotatable bonds is 8. The fraction of sp³-hybridized carbons (Fsp3) is 1.00. The molecule has 3 unspecified atom stereocenters. The van der Waals surface area contributed by atoms with Crippen molar-refractivity contribution in [3.8, 4) is 0 Å². The molecule has 0 saturated carbocycles. The second-order valence-electron chi connectivity index (χ2n) is 2.54. The Morgan fingerprint density at radius 1 is 1.00 bits per heavy atom. The van der Waals surface area contributed by atoms with Gasteiger partial charge in [0.25, 0.3) is 0 Å². The smallest absolute Gasteiger partial charge is 0.0392 e. The molecule has 0 amide bonds. The van der Waals surface area contributed by atoms with Crippen LogP contribution in [0.1, 0.15) is 0 Å². The normalized spacial score (nSPS) is 15.2. The SMILES string of the molecule is PCCP(CC[PH2+][S-])CC[PH2+][S-]. The molecular formula is C6H18P4S2.